The van der Waals surface area contributed by atoms with Gasteiger partial charge in [0.25, 0.3) is 5.91 Å². The largest absolute Gasteiger partial charge is 0.573 e. The molecule has 2 N–H and O–H groups in total. The van der Waals surface area contributed by atoms with E-state index in [-0.39, 0.29) is 17.7 Å². The van der Waals surface area contributed by atoms with Crippen LogP contribution in [0.4, 0.5) is 18.9 Å². The highest BCUT2D eigenvalue weighted by Gasteiger charge is 2.35. The molecule has 1 amide bonds. The summed E-state index contributed by atoms with van der Waals surface area (Å²) in [7, 11) is -3.35. The number of sulfonamides is 1. The summed E-state index contributed by atoms with van der Waals surface area (Å²) in [6.07, 6.45) is -1.98. The number of carbonyl (C=O) groups excluding carboxylic acids is 1. The standard InChI is InChI=1S/C26H22ClF3N4O4S/c27-13-18-12-19(38-26(28,29)30)7-10-23(18)34-24-6-2-5-22(21(24)15-31-34)33-25(35)17-4-1-3-16(11-17)14-32-39(36,37)20-8-9-20/h1-7,10-12,15,20,32H,8-9,13-14H2,(H,33,35). The number of fused-ring (bicyclic) bond motifs is 1. The van der Waals surface area contributed by atoms with Crippen LogP contribution in [0.3, 0.4) is 0 Å². The highest BCUT2D eigenvalue weighted by Crippen LogP contribution is 2.31. The number of anilines is 1. The Morgan fingerprint density at radius 3 is 2.59 bits per heavy atom. The van der Waals surface area contributed by atoms with Crippen molar-refractivity contribution >= 4 is 44.1 Å². The second-order valence-electron chi connectivity index (χ2n) is 8.99. The SMILES string of the molecule is O=C(Nc1cccc2c1cnn2-c1ccc(OC(F)(F)F)cc1CCl)c1cccc(CNS(=O)(=O)C2CC2)c1. The summed E-state index contributed by atoms with van der Waals surface area (Å²) >= 11 is 6.02. The summed E-state index contributed by atoms with van der Waals surface area (Å²) in [6, 6.07) is 15.6. The number of ether oxygens (including phenoxy) is 1. The topological polar surface area (TPSA) is 102 Å². The predicted octanol–water partition coefficient (Wildman–Crippen LogP) is 5.50. The number of alkyl halides is 4. The van der Waals surface area contributed by atoms with Crippen molar-refractivity contribution < 1.29 is 31.1 Å². The van der Waals surface area contributed by atoms with Gasteiger partial charge >= 0.3 is 6.36 Å². The van der Waals surface area contributed by atoms with Crippen molar-refractivity contribution in [2.45, 2.75) is 36.9 Å². The number of rotatable bonds is 9. The number of amides is 1. The minimum Gasteiger partial charge on any atom is -0.406 e. The van der Waals surface area contributed by atoms with Crippen LogP contribution in [0.25, 0.3) is 16.6 Å². The first-order valence-electron chi connectivity index (χ1n) is 11.8. The van der Waals surface area contributed by atoms with Gasteiger partial charge in [0.2, 0.25) is 10.0 Å². The smallest absolute Gasteiger partial charge is 0.406 e. The molecule has 3 aromatic carbocycles. The van der Waals surface area contributed by atoms with Crippen LogP contribution in [-0.2, 0) is 22.4 Å². The third kappa shape index (κ3) is 6.18. The number of carbonyl (C=O) groups is 1. The molecule has 4 aromatic rings. The predicted molar refractivity (Wildman–Crippen MR) is 140 cm³/mol. The van der Waals surface area contributed by atoms with E-state index in [1.54, 1.807) is 42.5 Å². The van der Waals surface area contributed by atoms with Gasteiger partial charge in [-0.15, -0.1) is 24.8 Å². The van der Waals surface area contributed by atoms with Crippen LogP contribution in [0.15, 0.2) is 66.9 Å². The van der Waals surface area contributed by atoms with Crippen LogP contribution in [0.2, 0.25) is 0 Å². The zero-order valence-corrected chi connectivity index (χ0v) is 21.8. The number of nitrogens with one attached hydrogen (secondary N) is 2. The lowest BCUT2D eigenvalue weighted by molar-refractivity contribution is -0.274. The fourth-order valence-corrected chi connectivity index (χ4v) is 5.70. The molecule has 0 aliphatic heterocycles. The van der Waals surface area contributed by atoms with Gasteiger partial charge in [-0.3, -0.25) is 4.79 Å². The van der Waals surface area contributed by atoms with Gasteiger partial charge in [-0.1, -0.05) is 18.2 Å². The summed E-state index contributed by atoms with van der Waals surface area (Å²) in [5, 5.41) is 7.49. The Hall–Kier alpha value is -3.61. The fourth-order valence-electron chi connectivity index (χ4n) is 4.12. The Kier molecular flexibility index (Phi) is 7.27. The number of benzene rings is 3. The maximum atomic E-state index is 13.1. The second-order valence-corrected chi connectivity index (χ2v) is 11.3. The van der Waals surface area contributed by atoms with Crippen molar-refractivity contribution in [2.24, 2.45) is 0 Å². The average molecular weight is 579 g/mol. The molecule has 13 heteroatoms. The lowest BCUT2D eigenvalue weighted by Gasteiger charge is -2.13. The van der Waals surface area contributed by atoms with E-state index in [0.717, 1.165) is 0 Å². The number of hydrogen-bond acceptors (Lipinski definition) is 5. The summed E-state index contributed by atoms with van der Waals surface area (Å²) in [5.41, 5.74) is 2.86. The molecule has 204 valence electrons. The number of hydrogen-bond donors (Lipinski definition) is 2. The van der Waals surface area contributed by atoms with Crippen molar-refractivity contribution in [3.05, 3.63) is 83.6 Å². The normalized spacial score (nSPS) is 13.9. The molecular formula is C26H22ClF3N4O4S. The van der Waals surface area contributed by atoms with Crippen LogP contribution >= 0.6 is 11.6 Å². The van der Waals surface area contributed by atoms with Crippen LogP contribution in [0, 0.1) is 0 Å². The summed E-state index contributed by atoms with van der Waals surface area (Å²) in [6.45, 7) is 0.0814. The molecule has 5 rings (SSSR count). The van der Waals surface area contributed by atoms with Gasteiger partial charge in [-0.2, -0.15) is 5.10 Å². The van der Waals surface area contributed by atoms with E-state index in [2.05, 4.69) is 19.9 Å². The van der Waals surface area contributed by atoms with E-state index in [1.165, 1.54) is 29.1 Å². The molecule has 0 radical (unpaired) electrons. The lowest BCUT2D eigenvalue weighted by Crippen LogP contribution is -2.26. The van der Waals surface area contributed by atoms with Crippen LogP contribution in [-0.4, -0.2) is 35.7 Å². The minimum atomic E-state index is -4.83. The Balaban J connectivity index is 1.37. The Labute approximate surface area is 226 Å². The summed E-state index contributed by atoms with van der Waals surface area (Å²) in [5.74, 6) is -0.888. The average Bonchev–Trinajstić information content (AvgIpc) is 3.68. The lowest BCUT2D eigenvalue weighted by atomic mass is 10.1. The molecule has 1 saturated carbocycles. The Morgan fingerprint density at radius 2 is 1.87 bits per heavy atom. The van der Waals surface area contributed by atoms with Crippen LogP contribution < -0.4 is 14.8 Å². The molecule has 1 aromatic heterocycles. The molecule has 0 bridgehead atoms. The first kappa shape index (κ1) is 27.0. The highest BCUT2D eigenvalue weighted by molar-refractivity contribution is 7.90. The monoisotopic (exact) mass is 578 g/mol. The molecule has 1 aliphatic carbocycles. The zero-order valence-electron chi connectivity index (χ0n) is 20.2. The van der Waals surface area contributed by atoms with E-state index in [9.17, 15) is 26.4 Å². The van der Waals surface area contributed by atoms with Crippen molar-refractivity contribution in [3.8, 4) is 11.4 Å². The van der Waals surface area contributed by atoms with Crippen molar-refractivity contribution in [2.75, 3.05) is 5.32 Å². The molecule has 0 unspecified atom stereocenters. The van der Waals surface area contributed by atoms with Gasteiger partial charge in [-0.25, -0.2) is 17.8 Å². The maximum absolute atomic E-state index is 13.1. The zero-order chi connectivity index (χ0) is 27.8. The molecule has 1 aliphatic rings. The second kappa shape index (κ2) is 10.5. The van der Waals surface area contributed by atoms with Crippen LogP contribution in [0.5, 0.6) is 5.75 Å². The Morgan fingerprint density at radius 1 is 1.10 bits per heavy atom. The third-order valence-electron chi connectivity index (χ3n) is 6.15. The maximum Gasteiger partial charge on any atom is 0.573 e. The number of aromatic nitrogens is 2. The summed E-state index contributed by atoms with van der Waals surface area (Å²) in [4.78, 5) is 13.1. The molecule has 1 fully saturated rings. The van der Waals surface area contributed by atoms with E-state index in [4.69, 9.17) is 11.6 Å². The fraction of sp³-hybridized carbons (Fsp3) is 0.231. The summed E-state index contributed by atoms with van der Waals surface area (Å²) < 4.78 is 70.2. The first-order chi connectivity index (χ1) is 18.5. The highest BCUT2D eigenvalue weighted by atomic mass is 35.5. The Bertz CT molecular complexity index is 1650. The van der Waals surface area contributed by atoms with Gasteiger partial charge in [0.15, 0.2) is 0 Å². The van der Waals surface area contributed by atoms with E-state index < -0.39 is 28.0 Å². The minimum absolute atomic E-state index is 0.0814. The van der Waals surface area contributed by atoms with Gasteiger partial charge in [0, 0.05) is 23.4 Å². The van der Waals surface area contributed by atoms with E-state index >= 15 is 0 Å². The molecule has 39 heavy (non-hydrogen) atoms. The van der Waals surface area contributed by atoms with Crippen LogP contribution in [0.1, 0.15) is 34.3 Å². The van der Waals surface area contributed by atoms with E-state index in [0.29, 0.717) is 51.8 Å². The third-order valence-corrected chi connectivity index (χ3v) is 8.33. The first-order valence-corrected chi connectivity index (χ1v) is 13.9. The molecule has 0 spiro atoms. The van der Waals surface area contributed by atoms with Gasteiger partial charge in [-0.05, 0) is 66.4 Å². The molecule has 8 nitrogen and oxygen atoms in total. The molecule has 1 heterocycles. The van der Waals surface area contributed by atoms with E-state index in [1.807, 2.05) is 0 Å². The quantitative estimate of drug-likeness (QED) is 0.256. The molecular weight excluding hydrogens is 557 g/mol. The van der Waals surface area contributed by atoms with Crippen molar-refractivity contribution in [1.82, 2.24) is 14.5 Å². The van der Waals surface area contributed by atoms with Crippen molar-refractivity contribution in [3.63, 3.8) is 0 Å². The van der Waals surface area contributed by atoms with Gasteiger partial charge < -0.3 is 10.1 Å². The van der Waals surface area contributed by atoms with Crippen molar-refractivity contribution in [1.29, 1.82) is 0 Å². The van der Waals surface area contributed by atoms with Gasteiger partial charge in [0.1, 0.15) is 5.75 Å². The van der Waals surface area contributed by atoms with Gasteiger partial charge in [0.05, 0.1) is 28.3 Å². The molecule has 0 saturated heterocycles. The number of halogens is 4. The number of nitrogens with zero attached hydrogens (tertiary/aromatic N) is 2. The molecule has 0 atom stereocenters.